The van der Waals surface area contributed by atoms with Crippen molar-refractivity contribution in [3.05, 3.63) is 40.4 Å². The van der Waals surface area contributed by atoms with Crippen molar-refractivity contribution in [2.45, 2.75) is 75.9 Å². The quantitative estimate of drug-likeness (QED) is 0.678. The van der Waals surface area contributed by atoms with Crippen molar-refractivity contribution in [1.29, 1.82) is 0 Å². The van der Waals surface area contributed by atoms with Gasteiger partial charge >= 0.3 is 0 Å². The van der Waals surface area contributed by atoms with Gasteiger partial charge in [-0.05, 0) is 51.0 Å². The average molecular weight is 477 g/mol. The first kappa shape index (κ1) is 23.4. The highest BCUT2D eigenvalue weighted by Crippen LogP contribution is 2.30. The lowest BCUT2D eigenvalue weighted by atomic mass is 9.96. The fourth-order valence-electron chi connectivity index (χ4n) is 4.46. The second-order valence-corrected chi connectivity index (χ2v) is 12.1. The van der Waals surface area contributed by atoms with Crippen molar-refractivity contribution in [2.24, 2.45) is 0 Å². The van der Waals surface area contributed by atoms with Gasteiger partial charge in [-0.25, -0.2) is 13.4 Å². The molecule has 32 heavy (non-hydrogen) atoms. The number of hydrogen-bond acceptors (Lipinski definition) is 6. The first-order valence-corrected chi connectivity index (χ1v) is 13.6. The van der Waals surface area contributed by atoms with Gasteiger partial charge in [0.1, 0.15) is 0 Å². The molecule has 1 amide bonds. The molecule has 2 aromatic rings. The van der Waals surface area contributed by atoms with Crippen LogP contribution < -0.4 is 5.32 Å². The second kappa shape index (κ2) is 9.59. The van der Waals surface area contributed by atoms with Crippen LogP contribution in [0.3, 0.4) is 0 Å². The molecule has 0 atom stereocenters. The Morgan fingerprint density at radius 3 is 2.53 bits per heavy atom. The number of hydrogen-bond donors (Lipinski definition) is 1. The molecule has 9 heteroatoms. The van der Waals surface area contributed by atoms with Gasteiger partial charge < -0.3 is 0 Å². The summed E-state index contributed by atoms with van der Waals surface area (Å²) in [5, 5.41) is 3.48. The number of anilines is 1. The molecule has 1 aromatic heterocycles. The van der Waals surface area contributed by atoms with Gasteiger partial charge in [0, 0.05) is 49.1 Å². The molecule has 1 aromatic carbocycles. The lowest BCUT2D eigenvalue weighted by Gasteiger charge is -2.30. The number of amides is 1. The number of fused-ring (bicyclic) bond motifs is 1. The molecule has 4 rings (SSSR count). The summed E-state index contributed by atoms with van der Waals surface area (Å²) in [6.07, 6.45) is 6.01. The molecule has 1 aliphatic carbocycles. The highest BCUT2D eigenvalue weighted by molar-refractivity contribution is 7.89. The number of sulfonamides is 1. The summed E-state index contributed by atoms with van der Waals surface area (Å²) in [5.74, 6) is -0.276. The molecule has 1 saturated carbocycles. The third-order valence-electron chi connectivity index (χ3n) is 6.59. The number of nitrogens with zero attached hydrogens (tertiary/aromatic N) is 3. The molecular formula is C23H32N4O3S2. The Labute approximate surface area is 194 Å². The van der Waals surface area contributed by atoms with Gasteiger partial charge in [-0.3, -0.25) is 15.0 Å². The maximum Gasteiger partial charge on any atom is 0.257 e. The second-order valence-electron chi connectivity index (χ2n) is 8.99. The molecule has 0 spiro atoms. The number of rotatable bonds is 6. The molecule has 0 bridgehead atoms. The number of thiazole rings is 1. The zero-order valence-corrected chi connectivity index (χ0v) is 20.6. The lowest BCUT2D eigenvalue weighted by Crippen LogP contribution is -2.38. The maximum atomic E-state index is 13.0. The molecule has 2 heterocycles. The van der Waals surface area contributed by atoms with Crippen molar-refractivity contribution < 1.29 is 13.2 Å². The number of carbonyl (C=O) groups is 1. The van der Waals surface area contributed by atoms with Crippen molar-refractivity contribution in [3.63, 3.8) is 0 Å². The lowest BCUT2D eigenvalue weighted by molar-refractivity contribution is 0.102. The molecule has 1 aliphatic heterocycles. The van der Waals surface area contributed by atoms with Gasteiger partial charge in [0.15, 0.2) is 5.13 Å². The standard InChI is InChI=1S/C23H32N4O3S2/c1-16(2)27-14-13-20-21(15-27)31-23(24-20)25-22(28)17-9-11-19(12-10-17)32(29,30)26(3)18-7-5-4-6-8-18/h9-12,16,18H,4-8,13-15H2,1-3H3,(H,24,25,28). The van der Waals surface area contributed by atoms with Crippen LogP contribution in [0, 0.1) is 0 Å². The van der Waals surface area contributed by atoms with E-state index in [4.69, 9.17) is 0 Å². The third kappa shape index (κ3) is 4.90. The van der Waals surface area contributed by atoms with E-state index in [1.807, 2.05) is 0 Å². The molecular weight excluding hydrogens is 444 g/mol. The first-order valence-electron chi connectivity index (χ1n) is 11.4. The van der Waals surface area contributed by atoms with Crippen LogP contribution in [0.25, 0.3) is 0 Å². The van der Waals surface area contributed by atoms with Crippen molar-refractivity contribution in [1.82, 2.24) is 14.2 Å². The van der Waals surface area contributed by atoms with E-state index in [9.17, 15) is 13.2 Å². The van der Waals surface area contributed by atoms with Crippen LogP contribution in [0.15, 0.2) is 29.2 Å². The minimum Gasteiger partial charge on any atom is -0.298 e. The molecule has 174 valence electrons. The van der Waals surface area contributed by atoms with Crippen LogP contribution in [0.2, 0.25) is 0 Å². The highest BCUT2D eigenvalue weighted by atomic mass is 32.2. The summed E-state index contributed by atoms with van der Waals surface area (Å²) >= 11 is 1.52. The third-order valence-corrected chi connectivity index (χ3v) is 9.52. The summed E-state index contributed by atoms with van der Waals surface area (Å²) in [7, 11) is -1.90. The van der Waals surface area contributed by atoms with E-state index >= 15 is 0 Å². The minimum atomic E-state index is -3.57. The van der Waals surface area contributed by atoms with E-state index in [-0.39, 0.29) is 16.8 Å². The molecule has 7 nitrogen and oxygen atoms in total. The van der Waals surface area contributed by atoms with Gasteiger partial charge in [-0.15, -0.1) is 11.3 Å². The van der Waals surface area contributed by atoms with Gasteiger partial charge in [-0.2, -0.15) is 4.31 Å². The SMILES string of the molecule is CC(C)N1CCc2nc(NC(=O)c3ccc(S(=O)(=O)N(C)C4CCCCC4)cc3)sc2C1. The Morgan fingerprint density at radius 2 is 1.88 bits per heavy atom. The maximum absolute atomic E-state index is 13.0. The zero-order valence-electron chi connectivity index (χ0n) is 19.0. The molecule has 1 N–H and O–H groups in total. The first-order chi connectivity index (χ1) is 15.3. The van der Waals surface area contributed by atoms with E-state index in [1.54, 1.807) is 19.2 Å². The van der Waals surface area contributed by atoms with Gasteiger partial charge in [-0.1, -0.05) is 19.3 Å². The summed E-state index contributed by atoms with van der Waals surface area (Å²) in [5.41, 5.74) is 1.48. The highest BCUT2D eigenvalue weighted by Gasteiger charge is 2.29. The normalized spacial score (nSPS) is 18.2. The largest absolute Gasteiger partial charge is 0.298 e. The monoisotopic (exact) mass is 476 g/mol. The molecule has 2 aliphatic rings. The van der Waals surface area contributed by atoms with Gasteiger partial charge in [0.25, 0.3) is 5.91 Å². The van der Waals surface area contributed by atoms with Crippen LogP contribution in [-0.2, 0) is 23.0 Å². The predicted octanol–water partition coefficient (Wildman–Crippen LogP) is 4.12. The molecule has 0 radical (unpaired) electrons. The van der Waals surface area contributed by atoms with Crippen molar-refractivity contribution in [3.8, 4) is 0 Å². The fourth-order valence-corrected chi connectivity index (χ4v) is 6.91. The van der Waals surface area contributed by atoms with E-state index in [0.29, 0.717) is 16.7 Å². The molecule has 0 unspecified atom stereocenters. The number of nitrogens with one attached hydrogen (secondary N) is 1. The molecule has 0 saturated heterocycles. The van der Waals surface area contributed by atoms with E-state index < -0.39 is 10.0 Å². The van der Waals surface area contributed by atoms with Crippen LogP contribution in [0.4, 0.5) is 5.13 Å². The predicted molar refractivity (Wildman–Crippen MR) is 128 cm³/mol. The summed E-state index contributed by atoms with van der Waals surface area (Å²) in [6.45, 7) is 6.21. The summed E-state index contributed by atoms with van der Waals surface area (Å²) in [4.78, 5) is 21.1. The Kier molecular flexibility index (Phi) is 7.00. The zero-order chi connectivity index (χ0) is 22.9. The van der Waals surface area contributed by atoms with Crippen LogP contribution >= 0.6 is 11.3 Å². The van der Waals surface area contributed by atoms with Crippen LogP contribution in [0.1, 0.15) is 66.9 Å². The summed E-state index contributed by atoms with van der Waals surface area (Å²) in [6, 6.07) is 6.73. The van der Waals surface area contributed by atoms with Crippen molar-refractivity contribution in [2.75, 3.05) is 18.9 Å². The Bertz CT molecular complexity index is 1060. The number of carbonyl (C=O) groups excluding carboxylic acids is 1. The van der Waals surface area contributed by atoms with Crippen LogP contribution in [0.5, 0.6) is 0 Å². The topological polar surface area (TPSA) is 82.6 Å². The smallest absolute Gasteiger partial charge is 0.257 e. The fraction of sp³-hybridized carbons (Fsp3) is 0.565. The van der Waals surface area contributed by atoms with Gasteiger partial charge in [0.2, 0.25) is 10.0 Å². The number of aromatic nitrogens is 1. The Hall–Kier alpha value is -1.81. The van der Waals surface area contributed by atoms with Gasteiger partial charge in [0.05, 0.1) is 10.6 Å². The summed E-state index contributed by atoms with van der Waals surface area (Å²) < 4.78 is 27.5. The Morgan fingerprint density at radius 1 is 1.19 bits per heavy atom. The average Bonchev–Trinajstić information content (AvgIpc) is 3.20. The van der Waals surface area contributed by atoms with E-state index in [2.05, 4.69) is 29.0 Å². The van der Waals surface area contributed by atoms with Crippen LogP contribution in [-0.4, -0.2) is 54.2 Å². The number of benzene rings is 1. The van der Waals surface area contributed by atoms with E-state index in [0.717, 1.165) is 50.9 Å². The Balaban J connectivity index is 1.42. The minimum absolute atomic E-state index is 0.0549. The van der Waals surface area contributed by atoms with Crippen molar-refractivity contribution >= 4 is 32.4 Å². The van der Waals surface area contributed by atoms with E-state index in [1.165, 1.54) is 39.1 Å². The molecule has 1 fully saturated rings.